The van der Waals surface area contributed by atoms with Gasteiger partial charge in [-0.05, 0) is 72.7 Å². The first-order chi connectivity index (χ1) is 19.3. The molecular formula is C30H31ClN6O3. The molecule has 0 atom stereocenters. The van der Waals surface area contributed by atoms with Crippen LogP contribution in [0.2, 0.25) is 5.02 Å². The Hall–Kier alpha value is -3.79. The van der Waals surface area contributed by atoms with E-state index in [-0.39, 0.29) is 5.91 Å². The van der Waals surface area contributed by atoms with Gasteiger partial charge in [-0.15, -0.1) is 10.2 Å². The van der Waals surface area contributed by atoms with E-state index < -0.39 is 5.60 Å². The van der Waals surface area contributed by atoms with Gasteiger partial charge in [-0.25, -0.2) is 0 Å². The highest BCUT2D eigenvalue weighted by atomic mass is 35.5. The van der Waals surface area contributed by atoms with E-state index >= 15 is 0 Å². The van der Waals surface area contributed by atoms with Crippen molar-refractivity contribution in [3.8, 4) is 28.4 Å². The Balaban J connectivity index is 1.31. The number of carbonyl (C=O) groups is 1. The average Bonchev–Trinajstić information content (AvgIpc) is 3.50. The van der Waals surface area contributed by atoms with Gasteiger partial charge in [0, 0.05) is 42.4 Å². The van der Waals surface area contributed by atoms with Crippen LogP contribution in [0.15, 0.2) is 54.9 Å². The van der Waals surface area contributed by atoms with Crippen molar-refractivity contribution in [2.45, 2.75) is 44.9 Å². The van der Waals surface area contributed by atoms with Crippen LogP contribution in [0.5, 0.6) is 5.88 Å². The first kappa shape index (κ1) is 26.4. The molecule has 1 aliphatic heterocycles. The van der Waals surface area contributed by atoms with Gasteiger partial charge in [0.2, 0.25) is 5.88 Å². The minimum absolute atomic E-state index is 0.105. The minimum Gasteiger partial charge on any atom is -0.478 e. The van der Waals surface area contributed by atoms with Crippen molar-refractivity contribution in [2.24, 2.45) is 7.05 Å². The van der Waals surface area contributed by atoms with E-state index in [1.165, 1.54) is 0 Å². The second kappa shape index (κ2) is 10.6. The van der Waals surface area contributed by atoms with Crippen LogP contribution in [0.1, 0.15) is 47.7 Å². The first-order valence-electron chi connectivity index (χ1n) is 13.5. The van der Waals surface area contributed by atoms with Crippen LogP contribution in [0.4, 0.5) is 5.82 Å². The lowest BCUT2D eigenvalue weighted by Crippen LogP contribution is -2.45. The monoisotopic (exact) mass is 558 g/mol. The summed E-state index contributed by atoms with van der Waals surface area (Å²) in [5, 5.41) is 22.6. The lowest BCUT2D eigenvalue weighted by molar-refractivity contribution is -0.0314. The van der Waals surface area contributed by atoms with Gasteiger partial charge in [-0.1, -0.05) is 29.8 Å². The summed E-state index contributed by atoms with van der Waals surface area (Å²) in [6.07, 6.45) is 4.39. The summed E-state index contributed by atoms with van der Waals surface area (Å²) in [7, 11) is 1.88. The molecule has 2 N–H and O–H groups in total. The van der Waals surface area contributed by atoms with Crippen LogP contribution >= 0.6 is 11.6 Å². The highest BCUT2D eigenvalue weighted by Gasteiger charge is 2.34. The Kier molecular flexibility index (Phi) is 7.04. The molecule has 40 heavy (non-hydrogen) atoms. The van der Waals surface area contributed by atoms with Crippen LogP contribution in [0.3, 0.4) is 0 Å². The second-order valence-electron chi connectivity index (χ2n) is 10.5. The number of anilines is 1. The topological polar surface area (TPSA) is 105 Å². The number of benzene rings is 2. The Labute approximate surface area is 237 Å². The van der Waals surface area contributed by atoms with Crippen molar-refractivity contribution in [1.29, 1.82) is 0 Å². The molecule has 0 unspecified atom stereocenters. The predicted molar refractivity (Wildman–Crippen MR) is 153 cm³/mol. The van der Waals surface area contributed by atoms with Crippen molar-refractivity contribution in [3.63, 3.8) is 0 Å². The maximum Gasteiger partial charge on any atom is 0.260 e. The van der Waals surface area contributed by atoms with E-state index in [0.29, 0.717) is 54.3 Å². The number of amides is 1. The van der Waals surface area contributed by atoms with Gasteiger partial charge in [-0.2, -0.15) is 4.98 Å². The molecule has 4 aromatic rings. The fourth-order valence-electron chi connectivity index (χ4n) is 5.33. The van der Waals surface area contributed by atoms with E-state index in [1.807, 2.05) is 67.1 Å². The molecule has 0 bridgehead atoms. The number of pyridine rings is 1. The number of nitrogens with zero attached hydrogens (tertiary/aromatic N) is 5. The number of nitrogens with one attached hydrogen (secondary N) is 1. The lowest BCUT2D eigenvalue weighted by atomic mass is 9.80. The Morgan fingerprint density at radius 2 is 1.95 bits per heavy atom. The predicted octanol–water partition coefficient (Wildman–Crippen LogP) is 4.76. The molecule has 6 rings (SSSR count). The summed E-state index contributed by atoms with van der Waals surface area (Å²) in [5.74, 6) is 1.50. The van der Waals surface area contributed by atoms with E-state index in [0.717, 1.165) is 47.1 Å². The highest BCUT2D eigenvalue weighted by molar-refractivity contribution is 6.31. The zero-order valence-corrected chi connectivity index (χ0v) is 23.3. The van der Waals surface area contributed by atoms with E-state index in [2.05, 4.69) is 15.5 Å². The number of ether oxygens (including phenoxy) is 1. The van der Waals surface area contributed by atoms with Gasteiger partial charge < -0.3 is 19.7 Å². The molecular weight excluding hydrogens is 528 g/mol. The molecule has 1 saturated carbocycles. The van der Waals surface area contributed by atoms with Gasteiger partial charge in [0.15, 0.2) is 5.82 Å². The summed E-state index contributed by atoms with van der Waals surface area (Å²) < 4.78 is 7.66. The van der Waals surface area contributed by atoms with Crippen LogP contribution in [0, 0.1) is 0 Å². The molecule has 0 saturated heterocycles. The quantitative estimate of drug-likeness (QED) is 0.305. The van der Waals surface area contributed by atoms with E-state index in [4.69, 9.17) is 21.3 Å². The zero-order valence-electron chi connectivity index (χ0n) is 22.5. The molecule has 10 heteroatoms. The Morgan fingerprint density at radius 3 is 2.67 bits per heavy atom. The standard InChI is InChI=1S/C30H31ClN6O3/c1-3-40-27-13-21(23-8-7-22(31)14-25(23)28-35-33-18-36(28)2)12-26(34-27)37-16-20-6-5-19(11-24(20)29(37)38)15-32-17-30(39)9-4-10-30/h5-8,11-14,18,32,39H,3-4,9-10,15-17H2,1-2H3. The molecule has 2 aromatic heterocycles. The summed E-state index contributed by atoms with van der Waals surface area (Å²) in [5.41, 5.74) is 4.53. The second-order valence-corrected chi connectivity index (χ2v) is 10.9. The fourth-order valence-corrected chi connectivity index (χ4v) is 5.50. The highest BCUT2D eigenvalue weighted by Crippen LogP contribution is 2.38. The van der Waals surface area contributed by atoms with Gasteiger partial charge >= 0.3 is 0 Å². The fraction of sp³-hybridized carbons (Fsp3) is 0.333. The Morgan fingerprint density at radius 1 is 1.10 bits per heavy atom. The molecule has 206 valence electrons. The van der Waals surface area contributed by atoms with Crippen molar-refractivity contribution in [3.05, 3.63) is 76.6 Å². The molecule has 2 aromatic carbocycles. The van der Waals surface area contributed by atoms with Crippen LogP contribution in [-0.2, 0) is 20.1 Å². The normalized spacial score (nSPS) is 15.7. The molecule has 3 heterocycles. The third kappa shape index (κ3) is 5.08. The van der Waals surface area contributed by atoms with Gasteiger partial charge in [0.1, 0.15) is 12.1 Å². The van der Waals surface area contributed by atoms with E-state index in [9.17, 15) is 9.90 Å². The molecule has 1 amide bonds. The number of rotatable bonds is 9. The van der Waals surface area contributed by atoms with Crippen LogP contribution in [-0.4, -0.2) is 49.5 Å². The van der Waals surface area contributed by atoms with Crippen molar-refractivity contribution in [1.82, 2.24) is 25.1 Å². The molecule has 0 radical (unpaired) electrons. The zero-order chi connectivity index (χ0) is 27.9. The third-order valence-electron chi connectivity index (χ3n) is 7.65. The van der Waals surface area contributed by atoms with Crippen molar-refractivity contribution >= 4 is 23.3 Å². The smallest absolute Gasteiger partial charge is 0.260 e. The Bertz CT molecular complexity index is 1580. The van der Waals surface area contributed by atoms with Crippen LogP contribution < -0.4 is 15.0 Å². The third-order valence-corrected chi connectivity index (χ3v) is 7.88. The summed E-state index contributed by atoms with van der Waals surface area (Å²) in [6, 6.07) is 15.4. The number of aliphatic hydroxyl groups is 1. The number of hydrogen-bond acceptors (Lipinski definition) is 7. The minimum atomic E-state index is -0.588. The largest absolute Gasteiger partial charge is 0.478 e. The van der Waals surface area contributed by atoms with Crippen molar-refractivity contribution in [2.75, 3.05) is 18.1 Å². The maximum atomic E-state index is 13.6. The number of hydrogen-bond donors (Lipinski definition) is 2. The molecule has 1 fully saturated rings. The lowest BCUT2D eigenvalue weighted by Gasteiger charge is -2.36. The van der Waals surface area contributed by atoms with E-state index in [1.54, 1.807) is 11.2 Å². The first-order valence-corrected chi connectivity index (χ1v) is 13.9. The number of carbonyl (C=O) groups excluding carboxylic acids is 1. The summed E-state index contributed by atoms with van der Waals surface area (Å²) in [6.45, 7) is 3.90. The summed E-state index contributed by atoms with van der Waals surface area (Å²) >= 11 is 6.37. The van der Waals surface area contributed by atoms with Crippen molar-refractivity contribution < 1.29 is 14.6 Å². The molecule has 0 spiro atoms. The molecule has 9 nitrogen and oxygen atoms in total. The average molecular weight is 559 g/mol. The molecule has 1 aliphatic carbocycles. The SMILES string of the molecule is CCOc1cc(-c2ccc(Cl)cc2-c2nncn2C)cc(N2Cc3ccc(CNCC4(O)CCC4)cc3C2=O)n1. The number of fused-ring (bicyclic) bond motifs is 1. The van der Waals surface area contributed by atoms with Gasteiger partial charge in [-0.3, -0.25) is 9.69 Å². The number of aryl methyl sites for hydroxylation is 1. The van der Waals surface area contributed by atoms with Gasteiger partial charge in [0.25, 0.3) is 5.91 Å². The maximum absolute atomic E-state index is 13.6. The number of halogens is 1. The molecule has 2 aliphatic rings. The number of aromatic nitrogens is 4. The summed E-state index contributed by atoms with van der Waals surface area (Å²) in [4.78, 5) is 20.0. The van der Waals surface area contributed by atoms with Gasteiger partial charge in [0.05, 0.1) is 18.8 Å². The van der Waals surface area contributed by atoms with Crippen LogP contribution in [0.25, 0.3) is 22.5 Å².